The van der Waals surface area contributed by atoms with Crippen LogP contribution in [0.4, 0.5) is 0 Å². The van der Waals surface area contributed by atoms with Gasteiger partial charge in [-0.15, -0.1) is 0 Å². The van der Waals surface area contributed by atoms with Gasteiger partial charge in [-0.3, -0.25) is 9.69 Å². The first-order valence-corrected chi connectivity index (χ1v) is 7.80. The van der Waals surface area contributed by atoms with Gasteiger partial charge in [-0.05, 0) is 42.4 Å². The second-order valence-corrected chi connectivity index (χ2v) is 5.98. The molecule has 1 unspecified atom stereocenters. The van der Waals surface area contributed by atoms with Crippen molar-refractivity contribution in [3.63, 3.8) is 0 Å². The first kappa shape index (κ1) is 17.5. The highest BCUT2D eigenvalue weighted by atomic mass is 35.5. The van der Waals surface area contributed by atoms with Crippen LogP contribution in [0.5, 0.6) is 0 Å². The highest BCUT2D eigenvalue weighted by molar-refractivity contribution is 6.30. The van der Waals surface area contributed by atoms with E-state index in [4.69, 9.17) is 11.6 Å². The number of benzene rings is 2. The van der Waals surface area contributed by atoms with Gasteiger partial charge in [0, 0.05) is 30.7 Å². The van der Waals surface area contributed by atoms with Gasteiger partial charge in [0.15, 0.2) is 0 Å². The van der Waals surface area contributed by atoms with Gasteiger partial charge in [-0.2, -0.15) is 0 Å². The smallest absolute Gasteiger partial charge is 0.251 e. The molecule has 0 saturated carbocycles. The fourth-order valence-corrected chi connectivity index (χ4v) is 2.60. The molecule has 5 heteroatoms. The van der Waals surface area contributed by atoms with E-state index in [2.05, 4.69) is 5.32 Å². The van der Waals surface area contributed by atoms with Crippen LogP contribution >= 0.6 is 11.6 Å². The number of nitrogens with zero attached hydrogens (tertiary/aromatic N) is 1. The monoisotopic (exact) mass is 332 g/mol. The van der Waals surface area contributed by atoms with Crippen LogP contribution in [-0.2, 0) is 6.54 Å². The van der Waals surface area contributed by atoms with E-state index < -0.39 is 6.10 Å². The van der Waals surface area contributed by atoms with E-state index in [1.54, 1.807) is 31.3 Å². The molecule has 2 N–H and O–H groups in total. The summed E-state index contributed by atoms with van der Waals surface area (Å²) in [5, 5.41) is 13.5. The average Bonchev–Trinajstić information content (AvgIpc) is 2.54. The minimum absolute atomic E-state index is 0.0960. The molecule has 23 heavy (non-hydrogen) atoms. The van der Waals surface area contributed by atoms with E-state index in [9.17, 15) is 9.90 Å². The van der Waals surface area contributed by atoms with Gasteiger partial charge < -0.3 is 10.4 Å². The molecule has 0 aliphatic heterocycles. The highest BCUT2D eigenvalue weighted by Gasteiger charge is 2.12. The van der Waals surface area contributed by atoms with Crippen molar-refractivity contribution in [3.8, 4) is 0 Å². The van der Waals surface area contributed by atoms with Crippen LogP contribution in [0.2, 0.25) is 5.02 Å². The lowest BCUT2D eigenvalue weighted by molar-refractivity contribution is 0.0963. The number of carbonyl (C=O) groups excluding carboxylic acids is 1. The molecule has 0 radical (unpaired) electrons. The average molecular weight is 333 g/mol. The number of aliphatic hydroxyl groups is 1. The molecule has 2 rings (SSSR count). The Morgan fingerprint density at radius 1 is 1.26 bits per heavy atom. The fraction of sp³-hybridized carbons (Fsp3) is 0.278. The van der Waals surface area contributed by atoms with Gasteiger partial charge in [0.05, 0.1) is 6.10 Å². The van der Waals surface area contributed by atoms with Crippen molar-refractivity contribution in [3.05, 3.63) is 70.2 Å². The number of hydrogen-bond acceptors (Lipinski definition) is 3. The van der Waals surface area contributed by atoms with Crippen LogP contribution in [0.15, 0.2) is 48.5 Å². The van der Waals surface area contributed by atoms with Gasteiger partial charge >= 0.3 is 0 Å². The minimum atomic E-state index is -0.594. The molecule has 0 aliphatic carbocycles. The van der Waals surface area contributed by atoms with Crippen LogP contribution in [0.25, 0.3) is 0 Å². The predicted molar refractivity (Wildman–Crippen MR) is 92.6 cm³/mol. The number of nitrogens with one attached hydrogen (secondary N) is 1. The van der Waals surface area contributed by atoms with Crippen molar-refractivity contribution >= 4 is 17.5 Å². The molecule has 2 aromatic carbocycles. The number of amides is 1. The van der Waals surface area contributed by atoms with Crippen LogP contribution in [0.1, 0.15) is 27.6 Å². The molecule has 0 bridgehead atoms. The Hall–Kier alpha value is -1.88. The van der Waals surface area contributed by atoms with Gasteiger partial charge in [-0.25, -0.2) is 0 Å². The van der Waals surface area contributed by atoms with Gasteiger partial charge in [-0.1, -0.05) is 35.9 Å². The quantitative estimate of drug-likeness (QED) is 0.855. The largest absolute Gasteiger partial charge is 0.387 e. The molecule has 0 heterocycles. The lowest BCUT2D eigenvalue weighted by Gasteiger charge is -2.21. The summed E-state index contributed by atoms with van der Waals surface area (Å²) in [5.41, 5.74) is 2.52. The van der Waals surface area contributed by atoms with Crippen molar-refractivity contribution in [2.75, 3.05) is 20.6 Å². The normalized spacial score (nSPS) is 12.2. The Balaban J connectivity index is 1.94. The molecule has 0 saturated heterocycles. The third-order valence-corrected chi connectivity index (χ3v) is 3.85. The number of halogens is 1. The van der Waals surface area contributed by atoms with E-state index in [1.165, 1.54) is 0 Å². The maximum absolute atomic E-state index is 11.5. The molecule has 1 amide bonds. The number of likely N-dealkylation sites (N-methyl/N-ethyl adjacent to an activating group) is 1. The standard InChI is InChI=1S/C18H21ClN2O2/c1-20-18(23)14-8-6-13(7-9-14)11-21(2)12-17(22)15-4-3-5-16(19)10-15/h3-10,17,22H,11-12H2,1-2H3,(H,20,23). The highest BCUT2D eigenvalue weighted by Crippen LogP contribution is 2.19. The van der Waals surface area contributed by atoms with Crippen molar-refractivity contribution in [2.24, 2.45) is 0 Å². The summed E-state index contributed by atoms with van der Waals surface area (Å²) in [6.45, 7) is 1.18. The van der Waals surface area contributed by atoms with Crippen LogP contribution in [0.3, 0.4) is 0 Å². The zero-order chi connectivity index (χ0) is 16.8. The van der Waals surface area contributed by atoms with Crippen molar-refractivity contribution in [2.45, 2.75) is 12.6 Å². The van der Waals surface area contributed by atoms with Gasteiger partial charge in [0.2, 0.25) is 0 Å². The molecule has 2 aromatic rings. The molecule has 1 atom stereocenters. The Morgan fingerprint density at radius 2 is 1.96 bits per heavy atom. The van der Waals surface area contributed by atoms with E-state index in [-0.39, 0.29) is 5.91 Å². The number of carbonyl (C=O) groups is 1. The lowest BCUT2D eigenvalue weighted by atomic mass is 10.1. The topological polar surface area (TPSA) is 52.6 Å². The molecular formula is C18H21ClN2O2. The molecule has 0 fully saturated rings. The molecule has 0 spiro atoms. The Labute approximate surface area is 141 Å². The van der Waals surface area contributed by atoms with E-state index in [1.807, 2.05) is 36.2 Å². The van der Waals surface area contributed by atoms with Crippen LogP contribution in [0, 0.1) is 0 Å². The van der Waals surface area contributed by atoms with Crippen molar-refractivity contribution < 1.29 is 9.90 Å². The first-order valence-electron chi connectivity index (χ1n) is 7.42. The van der Waals surface area contributed by atoms with E-state index in [0.29, 0.717) is 23.7 Å². The maximum Gasteiger partial charge on any atom is 0.251 e. The summed E-state index contributed by atoms with van der Waals surface area (Å²) in [6, 6.07) is 14.7. The fourth-order valence-electron chi connectivity index (χ4n) is 2.40. The second-order valence-electron chi connectivity index (χ2n) is 5.54. The summed E-state index contributed by atoms with van der Waals surface area (Å²) in [5.74, 6) is -0.0960. The summed E-state index contributed by atoms with van der Waals surface area (Å²) >= 11 is 5.95. The molecular weight excluding hydrogens is 312 g/mol. The molecule has 0 aromatic heterocycles. The van der Waals surface area contributed by atoms with Gasteiger partial charge in [0.1, 0.15) is 0 Å². The summed E-state index contributed by atoms with van der Waals surface area (Å²) in [6.07, 6.45) is -0.594. The second kappa shape index (κ2) is 8.11. The molecule has 0 aliphatic rings. The Kier molecular flexibility index (Phi) is 6.16. The zero-order valence-corrected chi connectivity index (χ0v) is 14.0. The van der Waals surface area contributed by atoms with Crippen LogP contribution in [-0.4, -0.2) is 36.6 Å². The van der Waals surface area contributed by atoms with E-state index >= 15 is 0 Å². The molecule has 4 nitrogen and oxygen atoms in total. The zero-order valence-electron chi connectivity index (χ0n) is 13.3. The minimum Gasteiger partial charge on any atom is -0.387 e. The van der Waals surface area contributed by atoms with Crippen LogP contribution < -0.4 is 5.32 Å². The first-order chi connectivity index (χ1) is 11.0. The summed E-state index contributed by atoms with van der Waals surface area (Å²) in [4.78, 5) is 13.5. The number of rotatable bonds is 6. The van der Waals surface area contributed by atoms with Crippen molar-refractivity contribution in [1.29, 1.82) is 0 Å². The van der Waals surface area contributed by atoms with E-state index in [0.717, 1.165) is 11.1 Å². The third kappa shape index (κ3) is 5.06. The number of aliphatic hydroxyl groups excluding tert-OH is 1. The van der Waals surface area contributed by atoms with Gasteiger partial charge in [0.25, 0.3) is 5.91 Å². The lowest BCUT2D eigenvalue weighted by Crippen LogP contribution is -2.24. The summed E-state index contributed by atoms with van der Waals surface area (Å²) in [7, 11) is 3.56. The SMILES string of the molecule is CNC(=O)c1ccc(CN(C)CC(O)c2cccc(Cl)c2)cc1. The Morgan fingerprint density at radius 3 is 2.57 bits per heavy atom. The van der Waals surface area contributed by atoms with Crippen molar-refractivity contribution in [1.82, 2.24) is 10.2 Å². The Bertz CT molecular complexity index is 658. The third-order valence-electron chi connectivity index (χ3n) is 3.61. The predicted octanol–water partition coefficient (Wildman–Crippen LogP) is 2.87. The molecule has 122 valence electrons. The number of hydrogen-bond donors (Lipinski definition) is 2. The maximum atomic E-state index is 11.5. The summed E-state index contributed by atoms with van der Waals surface area (Å²) < 4.78 is 0.